The van der Waals surface area contributed by atoms with Crippen LogP contribution in [0.4, 0.5) is 0 Å². The predicted octanol–water partition coefficient (Wildman–Crippen LogP) is 3.03. The largest absolute Gasteiger partial charge is 0.486 e. The molecule has 1 heteroatoms. The Balaban J connectivity index is 2.58. The van der Waals surface area contributed by atoms with Crippen molar-refractivity contribution in [2.75, 3.05) is 0 Å². The summed E-state index contributed by atoms with van der Waals surface area (Å²) in [6, 6.07) is 9.78. The van der Waals surface area contributed by atoms with E-state index in [1.807, 2.05) is 44.2 Å². The minimum Gasteiger partial charge on any atom is -0.486 e. The molecule has 0 aliphatic carbocycles. The standard InChI is InChI=1S/C11H14O/c1-9(2)10(3)12-11-7-5-4-6-8-11/h4-8,10H,1H2,2-3H3. The van der Waals surface area contributed by atoms with Gasteiger partial charge in [-0.2, -0.15) is 0 Å². The second-order valence-electron chi connectivity index (χ2n) is 2.92. The highest BCUT2D eigenvalue weighted by molar-refractivity contribution is 5.22. The molecule has 0 N–H and O–H groups in total. The summed E-state index contributed by atoms with van der Waals surface area (Å²) in [6.07, 6.45) is 0.0902. The van der Waals surface area contributed by atoms with Gasteiger partial charge in [0.15, 0.2) is 0 Å². The first kappa shape index (κ1) is 8.85. The number of benzene rings is 1. The molecular weight excluding hydrogens is 148 g/mol. The van der Waals surface area contributed by atoms with E-state index in [4.69, 9.17) is 4.74 Å². The van der Waals surface area contributed by atoms with Crippen LogP contribution in [-0.4, -0.2) is 6.10 Å². The molecule has 1 aromatic carbocycles. The van der Waals surface area contributed by atoms with Crippen molar-refractivity contribution in [2.24, 2.45) is 0 Å². The molecule has 64 valence electrons. The number of para-hydroxylation sites is 1. The van der Waals surface area contributed by atoms with Crippen LogP contribution in [0.15, 0.2) is 42.5 Å². The fourth-order valence-corrected chi connectivity index (χ4v) is 0.804. The summed E-state index contributed by atoms with van der Waals surface area (Å²) in [4.78, 5) is 0. The quantitative estimate of drug-likeness (QED) is 0.621. The normalized spacial score (nSPS) is 12.2. The summed E-state index contributed by atoms with van der Waals surface area (Å²) >= 11 is 0. The van der Waals surface area contributed by atoms with Crippen molar-refractivity contribution in [1.29, 1.82) is 0 Å². The van der Waals surface area contributed by atoms with Crippen LogP contribution in [0.25, 0.3) is 0 Å². The zero-order chi connectivity index (χ0) is 8.97. The van der Waals surface area contributed by atoms with Crippen LogP contribution >= 0.6 is 0 Å². The maximum Gasteiger partial charge on any atom is 0.120 e. The third-order valence-electron chi connectivity index (χ3n) is 1.75. The molecule has 0 aliphatic rings. The summed E-state index contributed by atoms with van der Waals surface area (Å²) in [7, 11) is 0. The van der Waals surface area contributed by atoms with Gasteiger partial charge in [0.2, 0.25) is 0 Å². The number of hydrogen-bond donors (Lipinski definition) is 0. The molecule has 0 spiro atoms. The van der Waals surface area contributed by atoms with Gasteiger partial charge in [0.1, 0.15) is 11.9 Å². The van der Waals surface area contributed by atoms with Crippen LogP contribution in [0.1, 0.15) is 13.8 Å². The molecule has 0 heterocycles. The van der Waals surface area contributed by atoms with Gasteiger partial charge in [0.25, 0.3) is 0 Å². The van der Waals surface area contributed by atoms with Crippen molar-refractivity contribution in [1.82, 2.24) is 0 Å². The number of ether oxygens (including phenoxy) is 1. The van der Waals surface area contributed by atoms with Crippen molar-refractivity contribution in [3.05, 3.63) is 42.5 Å². The van der Waals surface area contributed by atoms with Gasteiger partial charge in [-0.05, 0) is 31.6 Å². The smallest absolute Gasteiger partial charge is 0.120 e. The van der Waals surface area contributed by atoms with E-state index in [0.717, 1.165) is 11.3 Å². The topological polar surface area (TPSA) is 9.23 Å². The van der Waals surface area contributed by atoms with Gasteiger partial charge in [-0.1, -0.05) is 24.8 Å². The fourth-order valence-electron chi connectivity index (χ4n) is 0.804. The van der Waals surface area contributed by atoms with E-state index in [1.54, 1.807) is 0 Å². The molecule has 0 amide bonds. The van der Waals surface area contributed by atoms with Gasteiger partial charge in [-0.25, -0.2) is 0 Å². The molecule has 0 bridgehead atoms. The van der Waals surface area contributed by atoms with Crippen LogP contribution in [0.3, 0.4) is 0 Å². The molecule has 1 nitrogen and oxygen atoms in total. The van der Waals surface area contributed by atoms with Crippen molar-refractivity contribution in [2.45, 2.75) is 20.0 Å². The Bertz CT molecular complexity index is 251. The first-order valence-electron chi connectivity index (χ1n) is 4.07. The first-order valence-corrected chi connectivity index (χ1v) is 4.07. The molecule has 0 saturated heterocycles. The van der Waals surface area contributed by atoms with Gasteiger partial charge in [0, 0.05) is 0 Å². The second kappa shape index (κ2) is 3.96. The SMILES string of the molecule is C=C(C)C(C)Oc1ccccc1. The lowest BCUT2D eigenvalue weighted by molar-refractivity contribution is 0.258. The predicted molar refractivity (Wildman–Crippen MR) is 51.3 cm³/mol. The Labute approximate surface area is 73.7 Å². The summed E-state index contributed by atoms with van der Waals surface area (Å²) in [5, 5.41) is 0. The van der Waals surface area contributed by atoms with E-state index in [2.05, 4.69) is 6.58 Å². The van der Waals surface area contributed by atoms with E-state index >= 15 is 0 Å². The lowest BCUT2D eigenvalue weighted by atomic mass is 10.2. The Morgan fingerprint density at radius 2 is 1.92 bits per heavy atom. The van der Waals surface area contributed by atoms with Crippen LogP contribution in [-0.2, 0) is 0 Å². The van der Waals surface area contributed by atoms with Crippen molar-refractivity contribution < 1.29 is 4.74 Å². The van der Waals surface area contributed by atoms with E-state index < -0.39 is 0 Å². The Kier molecular flexibility index (Phi) is 2.92. The molecule has 0 saturated carbocycles. The number of hydrogen-bond acceptors (Lipinski definition) is 1. The van der Waals surface area contributed by atoms with E-state index in [9.17, 15) is 0 Å². The summed E-state index contributed by atoms with van der Waals surface area (Å²) in [6.45, 7) is 7.79. The average molecular weight is 162 g/mol. The molecule has 1 atom stereocenters. The van der Waals surface area contributed by atoms with Gasteiger partial charge < -0.3 is 4.74 Å². The van der Waals surface area contributed by atoms with Crippen LogP contribution in [0.5, 0.6) is 5.75 Å². The van der Waals surface area contributed by atoms with E-state index in [1.165, 1.54) is 0 Å². The lowest BCUT2D eigenvalue weighted by Gasteiger charge is -2.13. The van der Waals surface area contributed by atoms with Gasteiger partial charge in [-0.3, -0.25) is 0 Å². The summed E-state index contributed by atoms with van der Waals surface area (Å²) in [5.41, 5.74) is 1.04. The molecule has 1 unspecified atom stereocenters. The van der Waals surface area contributed by atoms with Crippen LogP contribution in [0, 0.1) is 0 Å². The van der Waals surface area contributed by atoms with Crippen molar-refractivity contribution >= 4 is 0 Å². The molecule has 0 aliphatic heterocycles. The zero-order valence-corrected chi connectivity index (χ0v) is 7.58. The van der Waals surface area contributed by atoms with E-state index in [-0.39, 0.29) is 6.10 Å². The maximum absolute atomic E-state index is 5.58. The summed E-state index contributed by atoms with van der Waals surface area (Å²) < 4.78 is 5.58. The molecule has 1 rings (SSSR count). The minimum absolute atomic E-state index is 0.0902. The van der Waals surface area contributed by atoms with Crippen molar-refractivity contribution in [3.63, 3.8) is 0 Å². The average Bonchev–Trinajstić information content (AvgIpc) is 2.06. The van der Waals surface area contributed by atoms with Gasteiger partial charge >= 0.3 is 0 Å². The number of rotatable bonds is 3. The molecule has 12 heavy (non-hydrogen) atoms. The lowest BCUT2D eigenvalue weighted by Crippen LogP contribution is -2.11. The Morgan fingerprint density at radius 3 is 2.42 bits per heavy atom. The molecule has 0 aromatic heterocycles. The summed E-state index contributed by atoms with van der Waals surface area (Å²) in [5.74, 6) is 0.896. The Hall–Kier alpha value is -1.24. The third-order valence-corrected chi connectivity index (χ3v) is 1.75. The zero-order valence-electron chi connectivity index (χ0n) is 7.58. The molecule has 0 radical (unpaired) electrons. The highest BCUT2D eigenvalue weighted by Gasteiger charge is 2.02. The molecule has 0 fully saturated rings. The fraction of sp³-hybridized carbons (Fsp3) is 0.273. The van der Waals surface area contributed by atoms with Gasteiger partial charge in [0.05, 0.1) is 0 Å². The highest BCUT2D eigenvalue weighted by atomic mass is 16.5. The Morgan fingerprint density at radius 1 is 1.33 bits per heavy atom. The minimum atomic E-state index is 0.0902. The molecule has 1 aromatic rings. The highest BCUT2D eigenvalue weighted by Crippen LogP contribution is 2.13. The van der Waals surface area contributed by atoms with E-state index in [0.29, 0.717) is 0 Å². The third kappa shape index (κ3) is 2.42. The van der Waals surface area contributed by atoms with Crippen LogP contribution < -0.4 is 4.74 Å². The van der Waals surface area contributed by atoms with Gasteiger partial charge in [-0.15, -0.1) is 0 Å². The van der Waals surface area contributed by atoms with Crippen LogP contribution in [0.2, 0.25) is 0 Å². The monoisotopic (exact) mass is 162 g/mol. The molecular formula is C11H14O. The first-order chi connectivity index (χ1) is 5.70. The second-order valence-corrected chi connectivity index (χ2v) is 2.92. The van der Waals surface area contributed by atoms with Crippen molar-refractivity contribution in [3.8, 4) is 5.75 Å². The maximum atomic E-state index is 5.58.